The van der Waals surface area contributed by atoms with Crippen molar-refractivity contribution in [3.8, 4) is 23.5 Å². The van der Waals surface area contributed by atoms with Gasteiger partial charge in [-0.2, -0.15) is 9.97 Å². The van der Waals surface area contributed by atoms with Crippen LogP contribution in [0.15, 0.2) is 24.3 Å². The second kappa shape index (κ2) is 7.28. The van der Waals surface area contributed by atoms with Crippen molar-refractivity contribution in [2.24, 2.45) is 0 Å². The predicted octanol–water partition coefficient (Wildman–Crippen LogP) is 2.50. The lowest BCUT2D eigenvalue weighted by atomic mass is 10.3. The fraction of sp³-hybridized carbons (Fsp3) is 0.357. The lowest BCUT2D eigenvalue weighted by molar-refractivity contribution is 0.297. The van der Waals surface area contributed by atoms with E-state index in [1.54, 1.807) is 13.1 Å². The Morgan fingerprint density at radius 3 is 2.24 bits per heavy atom. The quantitative estimate of drug-likeness (QED) is 0.839. The van der Waals surface area contributed by atoms with E-state index in [2.05, 4.69) is 20.3 Å². The monoisotopic (exact) mass is 290 g/mol. The smallest absolute Gasteiger partial charge is 0.330 e. The molecule has 2 rings (SSSR count). The van der Waals surface area contributed by atoms with Gasteiger partial charge in [0.1, 0.15) is 0 Å². The summed E-state index contributed by atoms with van der Waals surface area (Å²) in [6.45, 7) is 4.77. The summed E-state index contributed by atoms with van der Waals surface area (Å²) in [5, 5.41) is 2.84. The highest BCUT2D eigenvalue weighted by Crippen LogP contribution is 2.30. The van der Waals surface area contributed by atoms with Crippen LogP contribution >= 0.6 is 0 Å². The molecule has 0 saturated heterocycles. The van der Waals surface area contributed by atoms with Crippen molar-refractivity contribution in [1.29, 1.82) is 0 Å². The predicted molar refractivity (Wildman–Crippen MR) is 78.2 cm³/mol. The zero-order valence-electron chi connectivity index (χ0n) is 12.3. The van der Waals surface area contributed by atoms with Crippen LogP contribution in [0, 0.1) is 0 Å². The summed E-state index contributed by atoms with van der Waals surface area (Å²) in [5.74, 6) is 1.54. The fourth-order valence-corrected chi connectivity index (χ4v) is 1.60. The van der Waals surface area contributed by atoms with E-state index < -0.39 is 0 Å². The Bertz CT molecular complexity index is 592. The zero-order chi connectivity index (χ0) is 15.1. The van der Waals surface area contributed by atoms with E-state index in [1.807, 2.05) is 32.0 Å². The van der Waals surface area contributed by atoms with Crippen LogP contribution in [0.3, 0.4) is 0 Å². The van der Waals surface area contributed by atoms with Gasteiger partial charge in [0.05, 0.1) is 13.2 Å². The molecule has 7 nitrogen and oxygen atoms in total. The molecule has 0 radical (unpaired) electrons. The molecular weight excluding hydrogens is 272 g/mol. The normalized spacial score (nSPS) is 10.0. The number of nitrogens with one attached hydrogen (secondary N) is 1. The molecule has 112 valence electrons. The van der Waals surface area contributed by atoms with E-state index in [0.29, 0.717) is 30.7 Å². The molecule has 1 N–H and O–H groups in total. The molecule has 0 aliphatic heterocycles. The van der Waals surface area contributed by atoms with E-state index in [-0.39, 0.29) is 12.0 Å². The molecule has 0 unspecified atom stereocenters. The Kier molecular flexibility index (Phi) is 5.14. The third kappa shape index (κ3) is 3.95. The third-order valence-electron chi connectivity index (χ3n) is 2.44. The number of nitrogens with zero attached hydrogens (tertiary/aromatic N) is 3. The van der Waals surface area contributed by atoms with Gasteiger partial charge >= 0.3 is 12.0 Å². The van der Waals surface area contributed by atoms with Crippen molar-refractivity contribution < 1.29 is 14.2 Å². The van der Waals surface area contributed by atoms with Gasteiger partial charge in [0.25, 0.3) is 0 Å². The van der Waals surface area contributed by atoms with Gasteiger partial charge in [-0.05, 0) is 26.0 Å². The maximum Gasteiger partial charge on any atom is 0.330 e. The Hall–Kier alpha value is -2.57. The molecule has 21 heavy (non-hydrogen) atoms. The van der Waals surface area contributed by atoms with Crippen LogP contribution in [-0.4, -0.2) is 35.2 Å². The van der Waals surface area contributed by atoms with Crippen LogP contribution in [0.4, 0.5) is 5.95 Å². The van der Waals surface area contributed by atoms with Gasteiger partial charge in [-0.15, -0.1) is 4.98 Å². The molecule has 2 aromatic rings. The molecular formula is C14H18N4O3. The van der Waals surface area contributed by atoms with Crippen molar-refractivity contribution >= 4 is 5.95 Å². The van der Waals surface area contributed by atoms with Gasteiger partial charge in [0, 0.05) is 7.05 Å². The number of hydrogen-bond donors (Lipinski definition) is 1. The van der Waals surface area contributed by atoms with Gasteiger partial charge in [-0.25, -0.2) is 0 Å². The van der Waals surface area contributed by atoms with E-state index in [1.165, 1.54) is 0 Å². The first-order valence-electron chi connectivity index (χ1n) is 6.73. The van der Waals surface area contributed by atoms with Gasteiger partial charge in [0.15, 0.2) is 11.5 Å². The van der Waals surface area contributed by atoms with E-state index in [0.717, 1.165) is 0 Å². The first-order chi connectivity index (χ1) is 10.3. The molecule has 7 heteroatoms. The summed E-state index contributed by atoms with van der Waals surface area (Å²) in [4.78, 5) is 12.3. The summed E-state index contributed by atoms with van der Waals surface area (Å²) in [6, 6.07) is 7.68. The van der Waals surface area contributed by atoms with Crippen molar-refractivity contribution in [2.45, 2.75) is 13.8 Å². The zero-order valence-corrected chi connectivity index (χ0v) is 12.3. The number of rotatable bonds is 7. The molecule has 0 aliphatic rings. The summed E-state index contributed by atoms with van der Waals surface area (Å²) < 4.78 is 16.5. The summed E-state index contributed by atoms with van der Waals surface area (Å²) >= 11 is 0. The standard InChI is InChI=1S/C14H18N4O3/c1-4-19-10-8-6-7-9-11(10)21-14-17-12(15-3)16-13(18-14)20-5-2/h6-9H,4-5H2,1-3H3,(H,15,16,17,18). The molecule has 0 amide bonds. The van der Waals surface area contributed by atoms with Gasteiger partial charge in [-0.1, -0.05) is 12.1 Å². The van der Waals surface area contributed by atoms with Crippen LogP contribution in [0.2, 0.25) is 0 Å². The molecule has 1 aromatic carbocycles. The van der Waals surface area contributed by atoms with Gasteiger partial charge < -0.3 is 19.5 Å². The summed E-state index contributed by atoms with van der Waals surface area (Å²) in [5.41, 5.74) is 0. The number of hydrogen-bond acceptors (Lipinski definition) is 7. The molecule has 0 aliphatic carbocycles. The number of benzene rings is 1. The average Bonchev–Trinajstić information content (AvgIpc) is 2.49. The third-order valence-corrected chi connectivity index (χ3v) is 2.44. The largest absolute Gasteiger partial charge is 0.490 e. The fourth-order valence-electron chi connectivity index (χ4n) is 1.60. The van der Waals surface area contributed by atoms with Crippen molar-refractivity contribution in [3.05, 3.63) is 24.3 Å². The van der Waals surface area contributed by atoms with Crippen LogP contribution in [-0.2, 0) is 0 Å². The number of ether oxygens (including phenoxy) is 3. The second-order valence-corrected chi connectivity index (χ2v) is 3.89. The maximum atomic E-state index is 5.68. The van der Waals surface area contributed by atoms with Crippen LogP contribution in [0.5, 0.6) is 23.5 Å². The number of aromatic nitrogens is 3. The van der Waals surface area contributed by atoms with Crippen molar-refractivity contribution in [3.63, 3.8) is 0 Å². The first kappa shape index (κ1) is 14.8. The second-order valence-electron chi connectivity index (χ2n) is 3.89. The highest BCUT2D eigenvalue weighted by Gasteiger charge is 2.11. The molecule has 0 spiro atoms. The van der Waals surface area contributed by atoms with E-state index in [9.17, 15) is 0 Å². The average molecular weight is 290 g/mol. The van der Waals surface area contributed by atoms with E-state index in [4.69, 9.17) is 14.2 Å². The minimum atomic E-state index is 0.143. The number of para-hydroxylation sites is 2. The van der Waals surface area contributed by atoms with Crippen LogP contribution < -0.4 is 19.5 Å². The first-order valence-corrected chi connectivity index (χ1v) is 6.73. The van der Waals surface area contributed by atoms with Crippen LogP contribution in [0.25, 0.3) is 0 Å². The molecule has 1 aromatic heterocycles. The SMILES string of the molecule is CCOc1nc(NC)nc(Oc2ccccc2OCC)n1. The minimum absolute atomic E-state index is 0.143. The molecule has 0 bridgehead atoms. The van der Waals surface area contributed by atoms with Crippen LogP contribution in [0.1, 0.15) is 13.8 Å². The number of anilines is 1. The lowest BCUT2D eigenvalue weighted by Gasteiger charge is -2.11. The lowest BCUT2D eigenvalue weighted by Crippen LogP contribution is -2.05. The Morgan fingerprint density at radius 1 is 0.905 bits per heavy atom. The molecule has 0 atom stereocenters. The highest BCUT2D eigenvalue weighted by atomic mass is 16.5. The van der Waals surface area contributed by atoms with Crippen molar-refractivity contribution in [1.82, 2.24) is 15.0 Å². The Morgan fingerprint density at radius 2 is 1.57 bits per heavy atom. The summed E-state index contributed by atoms with van der Waals surface area (Å²) in [7, 11) is 1.71. The van der Waals surface area contributed by atoms with E-state index >= 15 is 0 Å². The summed E-state index contributed by atoms with van der Waals surface area (Å²) in [6.07, 6.45) is 0. The Balaban J connectivity index is 2.28. The van der Waals surface area contributed by atoms with Gasteiger partial charge in [0.2, 0.25) is 5.95 Å². The molecule has 0 saturated carbocycles. The topological polar surface area (TPSA) is 78.4 Å². The van der Waals surface area contributed by atoms with Gasteiger partial charge in [-0.3, -0.25) is 0 Å². The highest BCUT2D eigenvalue weighted by molar-refractivity contribution is 5.41. The molecule has 0 fully saturated rings. The minimum Gasteiger partial charge on any atom is -0.490 e. The van der Waals surface area contributed by atoms with Crippen molar-refractivity contribution in [2.75, 3.05) is 25.6 Å². The Labute approximate surface area is 123 Å². The maximum absolute atomic E-state index is 5.68. The molecule has 1 heterocycles.